The standard InChI is InChI=1S/C23H16N4/c1-16-14-22(27-23(26-16)21-4-2-17(15-24)3-5-21)20-8-6-18(7-9-20)19-10-12-25-13-11-19/h2-14H,1H3. The van der Waals surface area contributed by atoms with Gasteiger partial charge >= 0.3 is 0 Å². The third-order valence-corrected chi connectivity index (χ3v) is 4.32. The van der Waals surface area contributed by atoms with Gasteiger partial charge in [-0.1, -0.05) is 24.3 Å². The minimum atomic E-state index is 0.623. The van der Waals surface area contributed by atoms with Crippen LogP contribution in [0.2, 0.25) is 0 Å². The molecule has 0 aliphatic carbocycles. The SMILES string of the molecule is Cc1cc(-c2ccc(-c3ccncc3)cc2)nc(-c2ccc(C#N)cc2)n1. The summed E-state index contributed by atoms with van der Waals surface area (Å²) in [5.41, 5.74) is 6.60. The summed E-state index contributed by atoms with van der Waals surface area (Å²) in [4.78, 5) is 13.3. The quantitative estimate of drug-likeness (QED) is 0.519. The maximum absolute atomic E-state index is 8.96. The molecule has 0 amide bonds. The third-order valence-electron chi connectivity index (χ3n) is 4.32. The Hall–Kier alpha value is -3.84. The molecule has 4 heteroatoms. The molecular weight excluding hydrogens is 332 g/mol. The minimum Gasteiger partial charge on any atom is -0.265 e. The number of aryl methyl sites for hydroxylation is 1. The van der Waals surface area contributed by atoms with Crippen LogP contribution >= 0.6 is 0 Å². The predicted molar refractivity (Wildman–Crippen MR) is 106 cm³/mol. The van der Waals surface area contributed by atoms with Crippen molar-refractivity contribution in [3.63, 3.8) is 0 Å². The van der Waals surface area contributed by atoms with E-state index in [-0.39, 0.29) is 0 Å². The summed E-state index contributed by atoms with van der Waals surface area (Å²) in [6, 6.07) is 23.7. The van der Waals surface area contributed by atoms with E-state index in [0.717, 1.165) is 33.6 Å². The highest BCUT2D eigenvalue weighted by atomic mass is 14.9. The van der Waals surface area contributed by atoms with Crippen molar-refractivity contribution in [2.24, 2.45) is 0 Å². The highest BCUT2D eigenvalue weighted by Gasteiger charge is 2.08. The van der Waals surface area contributed by atoms with Crippen LogP contribution in [0.3, 0.4) is 0 Å². The molecule has 27 heavy (non-hydrogen) atoms. The molecule has 0 bridgehead atoms. The first-order valence-corrected chi connectivity index (χ1v) is 8.60. The molecule has 0 aliphatic rings. The van der Waals surface area contributed by atoms with Crippen molar-refractivity contribution in [2.75, 3.05) is 0 Å². The van der Waals surface area contributed by atoms with Gasteiger partial charge in [0.2, 0.25) is 0 Å². The van der Waals surface area contributed by atoms with Crippen LogP contribution in [0, 0.1) is 18.3 Å². The Balaban J connectivity index is 1.69. The summed E-state index contributed by atoms with van der Waals surface area (Å²) in [7, 11) is 0. The summed E-state index contributed by atoms with van der Waals surface area (Å²) in [6.45, 7) is 1.96. The van der Waals surface area contributed by atoms with E-state index in [9.17, 15) is 0 Å². The van der Waals surface area contributed by atoms with Gasteiger partial charge in [-0.15, -0.1) is 0 Å². The number of rotatable bonds is 3. The second-order valence-corrected chi connectivity index (χ2v) is 6.22. The van der Waals surface area contributed by atoms with Crippen LogP contribution in [0.4, 0.5) is 0 Å². The summed E-state index contributed by atoms with van der Waals surface area (Å²) in [6.07, 6.45) is 3.59. The molecule has 0 aliphatic heterocycles. The van der Waals surface area contributed by atoms with Crippen molar-refractivity contribution >= 4 is 0 Å². The van der Waals surface area contributed by atoms with Crippen LogP contribution in [0.1, 0.15) is 11.3 Å². The van der Waals surface area contributed by atoms with Gasteiger partial charge in [-0.2, -0.15) is 5.26 Å². The smallest absolute Gasteiger partial charge is 0.160 e. The van der Waals surface area contributed by atoms with Crippen molar-refractivity contribution in [3.8, 4) is 39.8 Å². The first-order chi connectivity index (χ1) is 13.2. The Morgan fingerprint density at radius 3 is 1.96 bits per heavy atom. The largest absolute Gasteiger partial charge is 0.265 e. The van der Waals surface area contributed by atoms with E-state index in [1.807, 2.05) is 37.3 Å². The number of hydrogen-bond donors (Lipinski definition) is 0. The van der Waals surface area contributed by atoms with E-state index in [4.69, 9.17) is 10.2 Å². The van der Waals surface area contributed by atoms with Crippen LogP contribution < -0.4 is 0 Å². The van der Waals surface area contributed by atoms with E-state index in [2.05, 4.69) is 40.3 Å². The number of aromatic nitrogens is 3. The average Bonchev–Trinajstić information content (AvgIpc) is 2.74. The van der Waals surface area contributed by atoms with Gasteiger partial charge in [0.25, 0.3) is 0 Å². The van der Waals surface area contributed by atoms with E-state index in [1.54, 1.807) is 24.5 Å². The fourth-order valence-corrected chi connectivity index (χ4v) is 2.92. The lowest BCUT2D eigenvalue weighted by Crippen LogP contribution is -1.95. The summed E-state index contributed by atoms with van der Waals surface area (Å²) >= 11 is 0. The molecule has 0 radical (unpaired) electrons. The Labute approximate surface area is 157 Å². The molecule has 4 nitrogen and oxygen atoms in total. The fourth-order valence-electron chi connectivity index (χ4n) is 2.92. The number of nitrogens with zero attached hydrogens (tertiary/aromatic N) is 4. The van der Waals surface area contributed by atoms with Crippen molar-refractivity contribution in [2.45, 2.75) is 6.92 Å². The van der Waals surface area contributed by atoms with Gasteiger partial charge < -0.3 is 0 Å². The van der Waals surface area contributed by atoms with Crippen LogP contribution in [0.25, 0.3) is 33.8 Å². The summed E-state index contributed by atoms with van der Waals surface area (Å²) in [5.74, 6) is 0.660. The normalized spacial score (nSPS) is 10.4. The monoisotopic (exact) mass is 348 g/mol. The molecule has 0 spiro atoms. The highest BCUT2D eigenvalue weighted by Crippen LogP contribution is 2.26. The maximum atomic E-state index is 8.96. The molecule has 0 saturated carbocycles. The maximum Gasteiger partial charge on any atom is 0.160 e. The predicted octanol–water partition coefficient (Wildman–Crippen LogP) is 5.05. The number of pyridine rings is 1. The van der Waals surface area contributed by atoms with E-state index < -0.39 is 0 Å². The number of benzene rings is 2. The molecular formula is C23H16N4. The topological polar surface area (TPSA) is 62.5 Å². The second kappa shape index (κ2) is 7.19. The summed E-state index contributed by atoms with van der Waals surface area (Å²) in [5, 5.41) is 8.96. The first kappa shape index (κ1) is 16.6. The molecule has 0 fully saturated rings. The Kier molecular flexibility index (Phi) is 4.42. The number of nitriles is 1. The van der Waals surface area contributed by atoms with Gasteiger partial charge in [-0.25, -0.2) is 9.97 Å². The molecule has 4 aromatic rings. The third kappa shape index (κ3) is 3.58. The van der Waals surface area contributed by atoms with Gasteiger partial charge in [0, 0.05) is 29.2 Å². The van der Waals surface area contributed by atoms with Crippen LogP contribution in [-0.2, 0) is 0 Å². The van der Waals surface area contributed by atoms with Crippen molar-refractivity contribution < 1.29 is 0 Å². The lowest BCUT2D eigenvalue weighted by atomic mass is 10.0. The van der Waals surface area contributed by atoms with Gasteiger partial charge in [0.1, 0.15) is 0 Å². The molecule has 2 heterocycles. The zero-order chi connectivity index (χ0) is 18.6. The Bertz CT molecular complexity index is 1110. The first-order valence-electron chi connectivity index (χ1n) is 8.60. The zero-order valence-corrected chi connectivity index (χ0v) is 14.8. The molecule has 128 valence electrons. The molecule has 0 N–H and O–H groups in total. The van der Waals surface area contributed by atoms with Crippen LogP contribution in [0.5, 0.6) is 0 Å². The van der Waals surface area contributed by atoms with E-state index in [1.165, 1.54) is 0 Å². The lowest BCUT2D eigenvalue weighted by Gasteiger charge is -2.08. The van der Waals surface area contributed by atoms with Crippen molar-refractivity contribution in [1.82, 2.24) is 15.0 Å². The van der Waals surface area contributed by atoms with Gasteiger partial charge in [-0.3, -0.25) is 4.98 Å². The highest BCUT2D eigenvalue weighted by molar-refractivity contribution is 5.70. The lowest BCUT2D eigenvalue weighted by molar-refractivity contribution is 1.11. The van der Waals surface area contributed by atoms with Crippen LogP contribution in [-0.4, -0.2) is 15.0 Å². The fraction of sp³-hybridized carbons (Fsp3) is 0.0435. The van der Waals surface area contributed by atoms with Gasteiger partial charge in [0.15, 0.2) is 5.82 Å². The minimum absolute atomic E-state index is 0.623. The van der Waals surface area contributed by atoms with E-state index in [0.29, 0.717) is 11.4 Å². The average molecular weight is 348 g/mol. The van der Waals surface area contributed by atoms with Crippen molar-refractivity contribution in [3.05, 3.63) is 90.4 Å². The summed E-state index contributed by atoms with van der Waals surface area (Å²) < 4.78 is 0. The molecule has 2 aromatic heterocycles. The molecule has 0 saturated heterocycles. The molecule has 0 unspecified atom stereocenters. The number of hydrogen-bond acceptors (Lipinski definition) is 4. The van der Waals surface area contributed by atoms with Gasteiger partial charge in [-0.05, 0) is 60.5 Å². The van der Waals surface area contributed by atoms with Crippen LogP contribution in [0.15, 0.2) is 79.1 Å². The molecule has 4 rings (SSSR count). The van der Waals surface area contributed by atoms with Crippen molar-refractivity contribution in [1.29, 1.82) is 5.26 Å². The Morgan fingerprint density at radius 1 is 0.704 bits per heavy atom. The Morgan fingerprint density at radius 2 is 1.30 bits per heavy atom. The zero-order valence-electron chi connectivity index (χ0n) is 14.8. The molecule has 2 aromatic carbocycles. The van der Waals surface area contributed by atoms with E-state index >= 15 is 0 Å². The van der Waals surface area contributed by atoms with Gasteiger partial charge in [0.05, 0.1) is 17.3 Å². The molecule has 0 atom stereocenters. The second-order valence-electron chi connectivity index (χ2n) is 6.22.